The highest BCUT2D eigenvalue weighted by molar-refractivity contribution is 5.44. The zero-order chi connectivity index (χ0) is 35.0. The first-order valence-electron chi connectivity index (χ1n) is 10.4. The van der Waals surface area contributed by atoms with Gasteiger partial charge >= 0.3 is 48.0 Å². The molecule has 0 spiro atoms. The molecule has 2 aromatic carbocycles. The van der Waals surface area contributed by atoms with Gasteiger partial charge in [0, 0.05) is 0 Å². The predicted molar refractivity (Wildman–Crippen MR) is 89.0 cm³/mol. The number of hydrogen-bond donors (Lipinski definition) is 0. The zero-order valence-electron chi connectivity index (χ0n) is 19.5. The summed E-state index contributed by atoms with van der Waals surface area (Å²) in [5.41, 5.74) is -17.2. The maximum absolute atomic E-state index is 16.2. The number of hydrogen-bond acceptors (Lipinski definition) is 3. The molecule has 25 heteroatoms. The molecule has 0 N–H and O–H groups in total. The van der Waals surface area contributed by atoms with Crippen molar-refractivity contribution < 1.29 is 111 Å². The van der Waals surface area contributed by atoms with Crippen LogP contribution in [0.25, 0.3) is 0 Å². The summed E-state index contributed by atoms with van der Waals surface area (Å²) < 4.78 is 319. The Morgan fingerprint density at radius 2 is 0.578 bits per heavy atom. The van der Waals surface area contributed by atoms with Gasteiger partial charge in [-0.3, -0.25) is 14.2 Å². The molecule has 2 aliphatic rings. The lowest BCUT2D eigenvalue weighted by atomic mass is 9.90. The first-order chi connectivity index (χ1) is 19.9. The molecule has 2 aromatic rings. The van der Waals surface area contributed by atoms with Crippen LogP contribution in [0, 0.1) is 46.5 Å². The van der Waals surface area contributed by atoms with E-state index in [0.29, 0.717) is 0 Å². The largest absolute Gasteiger partial charge is 0.424 e. The number of ether oxygens (including phenoxy) is 3. The van der Waals surface area contributed by atoms with Gasteiger partial charge in [0.25, 0.3) is 0 Å². The third kappa shape index (κ3) is 4.35. The first-order valence-corrected chi connectivity index (χ1v) is 10.4. The van der Waals surface area contributed by atoms with Gasteiger partial charge in [0.2, 0.25) is 0 Å². The van der Waals surface area contributed by atoms with E-state index in [-0.39, 0.29) is 0 Å². The van der Waals surface area contributed by atoms with E-state index in [1.807, 2.05) is 0 Å². The molecule has 2 saturated heterocycles. The Morgan fingerprint density at radius 1 is 0.378 bits per heavy atom. The topological polar surface area (TPSA) is 34.3 Å². The number of benzene rings is 2. The van der Waals surface area contributed by atoms with Crippen molar-refractivity contribution in [3.8, 4) is 0 Å². The fourth-order valence-corrected chi connectivity index (χ4v) is 3.96. The van der Waals surface area contributed by atoms with Crippen molar-refractivity contribution in [3.63, 3.8) is 0 Å². The van der Waals surface area contributed by atoms with E-state index < -0.39 is 117 Å². The Labute approximate surface area is 228 Å². The molecule has 0 aliphatic carbocycles. The van der Waals surface area contributed by atoms with E-state index in [4.69, 9.17) is 0 Å². The first kappa shape index (κ1) is 34.6. The molecule has 2 heterocycles. The summed E-state index contributed by atoms with van der Waals surface area (Å²) in [4.78, 5) is 0. The Morgan fingerprint density at radius 3 is 0.756 bits per heavy atom. The lowest BCUT2D eigenvalue weighted by Crippen LogP contribution is -2.54. The minimum atomic E-state index is -7.30. The average molecular weight is 706 g/mol. The summed E-state index contributed by atoms with van der Waals surface area (Å²) in [6.07, 6.45) is -26.7. The van der Waals surface area contributed by atoms with Crippen LogP contribution < -0.4 is 0 Å². The molecule has 3 nitrogen and oxygen atoms in total. The second-order valence-electron chi connectivity index (χ2n) is 8.73. The third-order valence-corrected chi connectivity index (χ3v) is 6.06. The average Bonchev–Trinajstić information content (AvgIpc) is 3.63. The van der Waals surface area contributed by atoms with Gasteiger partial charge in [-0.15, -0.1) is 0 Å². The third-order valence-electron chi connectivity index (χ3n) is 6.06. The van der Waals surface area contributed by atoms with Crippen molar-refractivity contribution in [3.05, 3.63) is 68.8 Å². The Kier molecular flexibility index (Phi) is 7.08. The van der Waals surface area contributed by atoms with E-state index in [1.54, 1.807) is 0 Å². The summed E-state index contributed by atoms with van der Waals surface area (Å²) >= 11 is 0. The minimum Gasteiger partial charge on any atom is -0.291 e. The predicted octanol–water partition coefficient (Wildman–Crippen LogP) is 8.38. The van der Waals surface area contributed by atoms with E-state index in [1.165, 1.54) is 0 Å². The van der Waals surface area contributed by atoms with Crippen LogP contribution >= 0.6 is 0 Å². The molecular formula is C20F22O3. The minimum absolute atomic E-state index is 2.59. The van der Waals surface area contributed by atoms with Crippen LogP contribution in [0.2, 0.25) is 0 Å². The van der Waals surface area contributed by atoms with Crippen LogP contribution in [-0.4, -0.2) is 23.9 Å². The summed E-state index contributed by atoms with van der Waals surface area (Å²) in [5, 5.41) is 0. The molecule has 4 rings (SSSR count). The highest BCUT2D eigenvalue weighted by Gasteiger charge is 2.95. The van der Waals surface area contributed by atoms with Gasteiger partial charge in [-0.25, -0.2) is 35.1 Å². The van der Waals surface area contributed by atoms with Crippen LogP contribution in [0.5, 0.6) is 0 Å². The number of rotatable bonds is 6. The van der Waals surface area contributed by atoms with Crippen LogP contribution in [0.15, 0.2) is 0 Å². The smallest absolute Gasteiger partial charge is 0.291 e. The fraction of sp³-hybridized carbons (Fsp3) is 0.400. The molecule has 0 radical (unpaired) electrons. The molecule has 0 amide bonds. The van der Waals surface area contributed by atoms with Gasteiger partial charge in [-0.1, -0.05) is 0 Å². The molecule has 45 heavy (non-hydrogen) atoms. The summed E-state index contributed by atoms with van der Waals surface area (Å²) in [6.45, 7) is 0. The second kappa shape index (κ2) is 9.19. The maximum Gasteiger partial charge on any atom is 0.424 e. The van der Waals surface area contributed by atoms with Crippen molar-refractivity contribution in [1.29, 1.82) is 0 Å². The normalized spacial score (nSPS) is 26.8. The van der Waals surface area contributed by atoms with Crippen molar-refractivity contribution in [1.82, 2.24) is 0 Å². The van der Waals surface area contributed by atoms with Gasteiger partial charge in [0.1, 0.15) is 11.1 Å². The molecule has 2 aliphatic heterocycles. The second-order valence-corrected chi connectivity index (χ2v) is 8.73. The van der Waals surface area contributed by atoms with E-state index in [2.05, 4.69) is 14.2 Å². The summed E-state index contributed by atoms with van der Waals surface area (Å²) in [6, 6.07) is 0. The Hall–Kier alpha value is -3.22. The monoisotopic (exact) mass is 706 g/mol. The SMILES string of the molecule is Fc1c(F)c(F)c(C(F)(OC(F)(c2c(F)c(F)c(F)c(F)c2C(F)(F)F)C2(F)OC2(F)F)C2(F)OC2(F)F)c(C(F)(F)F)c1F. The lowest BCUT2D eigenvalue weighted by molar-refractivity contribution is -0.372. The highest BCUT2D eigenvalue weighted by Crippen LogP contribution is 2.71. The number of epoxide rings is 2. The van der Waals surface area contributed by atoms with E-state index in [9.17, 15) is 79.0 Å². The number of alkyl halides is 14. The standard InChI is InChI=1S/C20F22O3/c21-5-1(3(15(31,32)33)7(23)11(27)9(5)25)13(29,17(37)19(39,40)44-17)43-14(30,18(38)20(41,42)45-18)2-4(16(34,35)36)8(24)12(28)10(26)6(2)22. The van der Waals surface area contributed by atoms with Crippen molar-refractivity contribution in [2.75, 3.05) is 0 Å². The molecule has 4 unspecified atom stereocenters. The summed E-state index contributed by atoms with van der Waals surface area (Å²) in [7, 11) is 0. The van der Waals surface area contributed by atoms with Gasteiger partial charge in [0.15, 0.2) is 46.5 Å². The van der Waals surface area contributed by atoms with E-state index >= 15 is 17.6 Å². The molecule has 4 atom stereocenters. The molecule has 0 saturated carbocycles. The molecular weight excluding hydrogens is 706 g/mol. The van der Waals surface area contributed by atoms with Crippen LogP contribution in [-0.2, 0) is 38.3 Å². The van der Waals surface area contributed by atoms with Crippen LogP contribution in [0.4, 0.5) is 96.6 Å². The molecule has 0 aromatic heterocycles. The molecule has 252 valence electrons. The van der Waals surface area contributed by atoms with Crippen LogP contribution in [0.1, 0.15) is 22.3 Å². The van der Waals surface area contributed by atoms with Crippen molar-refractivity contribution in [2.45, 2.75) is 48.0 Å². The lowest BCUT2D eigenvalue weighted by Gasteiger charge is -2.37. The van der Waals surface area contributed by atoms with E-state index in [0.717, 1.165) is 0 Å². The highest BCUT2D eigenvalue weighted by atomic mass is 19.4. The van der Waals surface area contributed by atoms with Gasteiger partial charge in [-0.05, 0) is 0 Å². The fourth-order valence-electron chi connectivity index (χ4n) is 3.96. The Bertz CT molecular complexity index is 1500. The van der Waals surface area contributed by atoms with Gasteiger partial charge in [-0.2, -0.15) is 61.5 Å². The maximum atomic E-state index is 16.2. The van der Waals surface area contributed by atoms with Gasteiger partial charge in [0.05, 0.1) is 11.1 Å². The van der Waals surface area contributed by atoms with Crippen LogP contribution in [0.3, 0.4) is 0 Å². The quantitative estimate of drug-likeness (QED) is 0.131. The number of halogens is 22. The van der Waals surface area contributed by atoms with Gasteiger partial charge < -0.3 is 0 Å². The molecule has 2 fully saturated rings. The van der Waals surface area contributed by atoms with Crippen molar-refractivity contribution in [2.24, 2.45) is 0 Å². The molecule has 0 bridgehead atoms. The van der Waals surface area contributed by atoms with Crippen molar-refractivity contribution >= 4 is 0 Å². The Balaban J connectivity index is 2.25. The zero-order valence-corrected chi connectivity index (χ0v) is 19.5. The summed E-state index contributed by atoms with van der Waals surface area (Å²) in [5.74, 6) is -59.1.